The molecule has 0 saturated heterocycles. The number of halogens is 3. The molecule has 1 heterocycles. The minimum Gasteiger partial charge on any atom is -0.497 e. The molecule has 0 radical (unpaired) electrons. The molecule has 0 aliphatic carbocycles. The van der Waals surface area contributed by atoms with Crippen LogP contribution in [0.2, 0.25) is 0 Å². The first kappa shape index (κ1) is 30.4. The van der Waals surface area contributed by atoms with Crippen LogP contribution in [0.15, 0.2) is 72.0 Å². The Kier molecular flexibility index (Phi) is 9.70. The number of rotatable bonds is 10. The molecule has 3 N–H and O–H groups in total. The lowest BCUT2D eigenvalue weighted by Gasteiger charge is -2.13. The SMILES string of the molecule is COc1cc(C)c(N=C(NNCc2ccc(-c3ncn(-c4ccc(OC(F)(F)F)cc4)n3)cc2)SCC(=O)O)c(C)c1. The van der Waals surface area contributed by atoms with Crippen molar-refractivity contribution in [2.24, 2.45) is 4.99 Å². The van der Waals surface area contributed by atoms with Crippen molar-refractivity contribution in [1.29, 1.82) is 0 Å². The van der Waals surface area contributed by atoms with Gasteiger partial charge in [0.2, 0.25) is 0 Å². The smallest absolute Gasteiger partial charge is 0.497 e. The van der Waals surface area contributed by atoms with Gasteiger partial charge in [0.15, 0.2) is 11.0 Å². The number of benzene rings is 3. The number of amidine groups is 1. The second kappa shape index (κ2) is 13.4. The summed E-state index contributed by atoms with van der Waals surface area (Å²) in [5.41, 5.74) is 10.8. The van der Waals surface area contributed by atoms with Crippen molar-refractivity contribution in [3.05, 3.63) is 83.7 Å². The maximum absolute atomic E-state index is 12.4. The van der Waals surface area contributed by atoms with Gasteiger partial charge in [0.25, 0.3) is 0 Å². The number of thioether (sulfide) groups is 1. The number of nitrogens with zero attached hydrogens (tertiary/aromatic N) is 4. The first-order chi connectivity index (χ1) is 20.0. The highest BCUT2D eigenvalue weighted by Crippen LogP contribution is 2.29. The molecule has 220 valence electrons. The third-order valence-electron chi connectivity index (χ3n) is 5.77. The molecule has 0 saturated carbocycles. The third kappa shape index (κ3) is 8.47. The topological polar surface area (TPSA) is 123 Å². The largest absolute Gasteiger partial charge is 0.573 e. The van der Waals surface area contributed by atoms with Gasteiger partial charge in [-0.15, -0.1) is 18.3 Å². The number of hydrogen-bond acceptors (Lipinski definition) is 8. The number of carbonyl (C=O) groups is 1. The molecule has 42 heavy (non-hydrogen) atoms. The summed E-state index contributed by atoms with van der Waals surface area (Å²) in [6.45, 7) is 4.22. The number of nitrogens with one attached hydrogen (secondary N) is 2. The van der Waals surface area contributed by atoms with Gasteiger partial charge in [-0.2, -0.15) is 0 Å². The lowest BCUT2D eigenvalue weighted by Crippen LogP contribution is -2.35. The normalized spacial score (nSPS) is 11.8. The van der Waals surface area contributed by atoms with Gasteiger partial charge < -0.3 is 14.6 Å². The Bertz CT molecular complexity index is 1530. The van der Waals surface area contributed by atoms with Gasteiger partial charge in [0, 0.05) is 12.1 Å². The Labute approximate surface area is 243 Å². The number of aliphatic imine (C=N–C) groups is 1. The van der Waals surface area contributed by atoms with Crippen molar-refractivity contribution >= 4 is 28.6 Å². The minimum atomic E-state index is -4.76. The molecule has 0 aliphatic heterocycles. The van der Waals surface area contributed by atoms with Crippen LogP contribution in [0.4, 0.5) is 18.9 Å². The molecule has 0 amide bonds. The van der Waals surface area contributed by atoms with Gasteiger partial charge in [0.05, 0.1) is 24.2 Å². The van der Waals surface area contributed by atoms with Crippen molar-refractivity contribution in [1.82, 2.24) is 25.6 Å². The highest BCUT2D eigenvalue weighted by molar-refractivity contribution is 8.14. The molecule has 0 bridgehead atoms. The monoisotopic (exact) mass is 600 g/mol. The standard InChI is InChI=1S/C28H27F3N6O4S/c1-17-12-23(40-3)13-18(2)25(17)34-27(42-15-24(38)39)35-33-14-19-4-6-20(7-5-19)26-32-16-37(36-26)21-8-10-22(11-9-21)41-28(29,30)31/h4-13,16,33H,14-15H2,1-3H3,(H,34,35)(H,38,39). The van der Waals surface area contributed by atoms with Gasteiger partial charge in [0.1, 0.15) is 17.8 Å². The fraction of sp³-hybridized carbons (Fsp3) is 0.214. The van der Waals surface area contributed by atoms with Gasteiger partial charge in [-0.25, -0.2) is 20.1 Å². The Balaban J connectivity index is 1.39. The Morgan fingerprint density at radius 2 is 1.71 bits per heavy atom. The molecular weight excluding hydrogens is 573 g/mol. The van der Waals surface area contributed by atoms with E-state index in [4.69, 9.17) is 9.84 Å². The Hall–Kier alpha value is -4.56. The van der Waals surface area contributed by atoms with E-state index in [-0.39, 0.29) is 11.5 Å². The predicted molar refractivity (Wildman–Crippen MR) is 153 cm³/mol. The predicted octanol–water partition coefficient (Wildman–Crippen LogP) is 5.56. The molecule has 4 aromatic rings. The number of hydrogen-bond donors (Lipinski definition) is 3. The summed E-state index contributed by atoms with van der Waals surface area (Å²) < 4.78 is 47.8. The molecule has 10 nitrogen and oxygen atoms in total. The first-order valence-electron chi connectivity index (χ1n) is 12.5. The van der Waals surface area contributed by atoms with E-state index in [1.165, 1.54) is 35.3 Å². The van der Waals surface area contributed by atoms with E-state index in [1.807, 2.05) is 50.2 Å². The van der Waals surface area contributed by atoms with E-state index < -0.39 is 12.3 Å². The van der Waals surface area contributed by atoms with Crippen molar-refractivity contribution in [3.63, 3.8) is 0 Å². The van der Waals surface area contributed by atoms with Crippen LogP contribution < -0.4 is 20.3 Å². The number of carboxylic acid groups (broad SMARTS) is 1. The average Bonchev–Trinajstić information content (AvgIpc) is 3.43. The van der Waals surface area contributed by atoms with Crippen LogP contribution in [0.3, 0.4) is 0 Å². The fourth-order valence-electron chi connectivity index (χ4n) is 3.85. The van der Waals surface area contributed by atoms with E-state index in [1.54, 1.807) is 7.11 Å². The minimum absolute atomic E-state index is 0.165. The number of ether oxygens (including phenoxy) is 2. The maximum atomic E-state index is 12.4. The summed E-state index contributed by atoms with van der Waals surface area (Å²) in [5, 5.41) is 14.0. The van der Waals surface area contributed by atoms with Gasteiger partial charge in [-0.3, -0.25) is 10.2 Å². The third-order valence-corrected chi connectivity index (χ3v) is 6.63. The van der Waals surface area contributed by atoms with Crippen LogP contribution in [0.5, 0.6) is 11.5 Å². The zero-order chi connectivity index (χ0) is 30.3. The van der Waals surface area contributed by atoms with E-state index in [0.717, 1.165) is 39.7 Å². The Morgan fingerprint density at radius 3 is 2.31 bits per heavy atom. The lowest BCUT2D eigenvalue weighted by molar-refractivity contribution is -0.274. The van der Waals surface area contributed by atoms with Crippen LogP contribution in [0.1, 0.15) is 16.7 Å². The second-order valence-corrected chi connectivity index (χ2v) is 9.90. The lowest BCUT2D eigenvalue weighted by atomic mass is 10.1. The van der Waals surface area contributed by atoms with E-state index >= 15 is 0 Å². The molecule has 0 atom stereocenters. The summed E-state index contributed by atoms with van der Waals surface area (Å²) in [6.07, 6.45) is -3.29. The number of methoxy groups -OCH3 is 1. The second-order valence-electron chi connectivity index (χ2n) is 8.94. The highest BCUT2D eigenvalue weighted by Gasteiger charge is 2.31. The average molecular weight is 601 g/mol. The van der Waals surface area contributed by atoms with Gasteiger partial charge >= 0.3 is 12.3 Å². The zero-order valence-electron chi connectivity index (χ0n) is 22.8. The zero-order valence-corrected chi connectivity index (χ0v) is 23.6. The van der Waals surface area contributed by atoms with Gasteiger partial charge in [-0.1, -0.05) is 36.0 Å². The van der Waals surface area contributed by atoms with E-state index in [2.05, 4.69) is 30.7 Å². The number of hydrazine groups is 1. The molecule has 14 heteroatoms. The maximum Gasteiger partial charge on any atom is 0.573 e. The molecule has 3 aromatic carbocycles. The van der Waals surface area contributed by atoms with Crippen LogP contribution in [-0.2, 0) is 11.3 Å². The van der Waals surface area contributed by atoms with Gasteiger partial charge in [-0.05, 0) is 66.9 Å². The summed E-state index contributed by atoms with van der Waals surface area (Å²) in [4.78, 5) is 20.1. The quantitative estimate of drug-likeness (QED) is 0.122. The van der Waals surface area contributed by atoms with E-state index in [0.29, 0.717) is 29.0 Å². The van der Waals surface area contributed by atoms with Crippen molar-refractivity contribution in [2.75, 3.05) is 12.9 Å². The van der Waals surface area contributed by atoms with Crippen molar-refractivity contribution < 1.29 is 32.5 Å². The molecule has 0 aliphatic rings. The van der Waals surface area contributed by atoms with Crippen LogP contribution in [0.25, 0.3) is 17.1 Å². The van der Waals surface area contributed by atoms with E-state index in [9.17, 15) is 18.0 Å². The highest BCUT2D eigenvalue weighted by atomic mass is 32.2. The summed E-state index contributed by atoms with van der Waals surface area (Å²) in [6, 6.07) is 16.5. The Morgan fingerprint density at radius 1 is 1.05 bits per heavy atom. The van der Waals surface area contributed by atoms with Crippen LogP contribution in [-0.4, -0.2) is 50.2 Å². The first-order valence-corrected chi connectivity index (χ1v) is 13.4. The molecule has 1 aromatic heterocycles. The number of aliphatic carboxylic acids is 1. The number of aromatic nitrogens is 3. The molecular formula is C28H27F3N6O4S. The summed E-state index contributed by atoms with van der Waals surface area (Å²) in [7, 11) is 1.59. The molecule has 0 unspecified atom stereocenters. The number of aryl methyl sites for hydroxylation is 2. The fourth-order valence-corrected chi connectivity index (χ4v) is 4.41. The number of carboxylic acids is 1. The molecule has 0 spiro atoms. The van der Waals surface area contributed by atoms with Crippen molar-refractivity contribution in [2.45, 2.75) is 26.8 Å². The summed E-state index contributed by atoms with van der Waals surface area (Å²) >= 11 is 1.06. The number of alkyl halides is 3. The molecule has 0 fully saturated rings. The van der Waals surface area contributed by atoms with Crippen LogP contribution in [0, 0.1) is 13.8 Å². The van der Waals surface area contributed by atoms with Crippen molar-refractivity contribution in [3.8, 4) is 28.6 Å². The molecule has 4 rings (SSSR count). The summed E-state index contributed by atoms with van der Waals surface area (Å²) in [5.74, 6) is -0.296. The van der Waals surface area contributed by atoms with Crippen LogP contribution >= 0.6 is 11.8 Å².